The highest BCUT2D eigenvalue weighted by Crippen LogP contribution is 2.17. The Morgan fingerprint density at radius 3 is 2.21 bits per heavy atom. The van der Waals surface area contributed by atoms with E-state index in [-0.39, 0.29) is 29.3 Å². The zero-order chi connectivity index (χ0) is 24.6. The van der Waals surface area contributed by atoms with Gasteiger partial charge in [0, 0.05) is 18.8 Å². The zero-order valence-electron chi connectivity index (χ0n) is 19.2. The average molecular weight is 480 g/mol. The van der Waals surface area contributed by atoms with Crippen LogP contribution in [0.4, 0.5) is 5.69 Å². The minimum atomic E-state index is -3.25. The summed E-state index contributed by atoms with van der Waals surface area (Å²) in [5.74, 6) is -0.539. The zero-order valence-corrected chi connectivity index (χ0v) is 20.1. The van der Waals surface area contributed by atoms with Crippen molar-refractivity contribution in [3.63, 3.8) is 0 Å². The molecule has 7 nitrogen and oxygen atoms in total. The van der Waals surface area contributed by atoms with Gasteiger partial charge in [0.2, 0.25) is 5.91 Å². The Kier molecular flexibility index (Phi) is 8.56. The summed E-state index contributed by atoms with van der Waals surface area (Å²) >= 11 is 0. The molecular weight excluding hydrogens is 450 g/mol. The number of para-hydroxylation sites is 1. The quantitative estimate of drug-likeness (QED) is 0.414. The van der Waals surface area contributed by atoms with Crippen molar-refractivity contribution < 1.29 is 18.0 Å². The lowest BCUT2D eigenvalue weighted by Gasteiger charge is -2.16. The molecule has 0 saturated heterocycles. The molecule has 34 heavy (non-hydrogen) atoms. The molecule has 0 fully saturated rings. The lowest BCUT2D eigenvalue weighted by molar-refractivity contribution is -0.115. The first-order chi connectivity index (χ1) is 16.2. The second-order valence-corrected chi connectivity index (χ2v) is 10.0. The Morgan fingerprint density at radius 2 is 1.53 bits per heavy atom. The molecule has 0 spiro atoms. The van der Waals surface area contributed by atoms with Crippen LogP contribution >= 0.6 is 0 Å². The maximum absolute atomic E-state index is 12.7. The highest BCUT2D eigenvalue weighted by molar-refractivity contribution is 7.90. The Balaban J connectivity index is 1.53. The molecule has 0 aliphatic rings. The molecule has 0 saturated carbocycles. The summed E-state index contributed by atoms with van der Waals surface area (Å²) in [7, 11) is -3.25. The van der Waals surface area contributed by atoms with Crippen LogP contribution < -0.4 is 16.0 Å². The highest BCUT2D eigenvalue weighted by atomic mass is 32.2. The molecule has 3 aromatic carbocycles. The molecule has 1 unspecified atom stereocenters. The Bertz CT molecular complexity index is 1230. The van der Waals surface area contributed by atoms with Crippen molar-refractivity contribution in [3.05, 3.63) is 95.6 Å². The number of hydrogen-bond donors (Lipinski definition) is 3. The summed E-state index contributed by atoms with van der Waals surface area (Å²) in [4.78, 5) is 25.4. The normalized spacial score (nSPS) is 12.1. The molecule has 8 heteroatoms. The van der Waals surface area contributed by atoms with Crippen LogP contribution in [0.15, 0.2) is 83.8 Å². The number of carbonyl (C=O) groups excluding carboxylic acids is 2. The van der Waals surface area contributed by atoms with Crippen molar-refractivity contribution in [2.75, 3.05) is 24.7 Å². The molecule has 0 heterocycles. The van der Waals surface area contributed by atoms with Gasteiger partial charge in [-0.25, -0.2) is 8.42 Å². The Morgan fingerprint density at radius 1 is 0.882 bits per heavy atom. The lowest BCUT2D eigenvalue weighted by atomic mass is 10.1. The van der Waals surface area contributed by atoms with Crippen LogP contribution in [0.2, 0.25) is 0 Å². The van der Waals surface area contributed by atoms with Gasteiger partial charge in [-0.05, 0) is 48.7 Å². The number of hydrogen-bond acceptors (Lipinski definition) is 5. The first kappa shape index (κ1) is 25.1. The minimum absolute atomic E-state index is 0.0267. The molecule has 0 aromatic heterocycles. The van der Waals surface area contributed by atoms with E-state index in [4.69, 9.17) is 0 Å². The summed E-state index contributed by atoms with van der Waals surface area (Å²) in [6, 6.07) is 23.1. The van der Waals surface area contributed by atoms with Crippen LogP contribution in [0.25, 0.3) is 0 Å². The fourth-order valence-electron chi connectivity index (χ4n) is 3.41. The van der Waals surface area contributed by atoms with Crippen molar-refractivity contribution in [1.29, 1.82) is 0 Å². The van der Waals surface area contributed by atoms with E-state index in [0.717, 1.165) is 17.4 Å². The maximum atomic E-state index is 12.7. The molecule has 0 aliphatic carbocycles. The summed E-state index contributed by atoms with van der Waals surface area (Å²) < 4.78 is 23.2. The van der Waals surface area contributed by atoms with Gasteiger partial charge in [0.15, 0.2) is 9.84 Å². The van der Waals surface area contributed by atoms with E-state index in [1.54, 1.807) is 48.5 Å². The van der Waals surface area contributed by atoms with Crippen molar-refractivity contribution in [1.82, 2.24) is 10.6 Å². The summed E-state index contributed by atoms with van der Waals surface area (Å²) in [6.07, 6.45) is 1.88. The molecule has 0 aliphatic heterocycles. The van der Waals surface area contributed by atoms with Gasteiger partial charge < -0.3 is 16.0 Å². The molecule has 3 N–H and O–H groups in total. The third kappa shape index (κ3) is 7.26. The van der Waals surface area contributed by atoms with E-state index in [2.05, 4.69) is 16.0 Å². The van der Waals surface area contributed by atoms with Gasteiger partial charge in [0.1, 0.15) is 0 Å². The minimum Gasteiger partial charge on any atom is -0.352 e. The van der Waals surface area contributed by atoms with Crippen LogP contribution in [0.1, 0.15) is 34.5 Å². The van der Waals surface area contributed by atoms with E-state index in [9.17, 15) is 18.0 Å². The molecule has 1 atom stereocenters. The van der Waals surface area contributed by atoms with Gasteiger partial charge in [-0.3, -0.25) is 9.59 Å². The third-order valence-corrected chi connectivity index (χ3v) is 6.49. The van der Waals surface area contributed by atoms with E-state index in [0.29, 0.717) is 24.2 Å². The number of sulfone groups is 1. The summed E-state index contributed by atoms with van der Waals surface area (Å²) in [5, 5.41) is 8.81. The van der Waals surface area contributed by atoms with Gasteiger partial charge >= 0.3 is 0 Å². The number of amides is 2. The first-order valence-corrected chi connectivity index (χ1v) is 12.9. The fourth-order valence-corrected chi connectivity index (χ4v) is 4.04. The number of rotatable bonds is 10. The largest absolute Gasteiger partial charge is 0.352 e. The second-order valence-electron chi connectivity index (χ2n) is 8.03. The monoisotopic (exact) mass is 479 g/mol. The number of nitrogens with one attached hydrogen (secondary N) is 3. The average Bonchev–Trinajstić information content (AvgIpc) is 2.83. The molecular formula is C26H29N3O4S. The van der Waals surface area contributed by atoms with E-state index in [1.807, 2.05) is 37.3 Å². The molecule has 2 amide bonds. The topological polar surface area (TPSA) is 104 Å². The fraction of sp³-hybridized carbons (Fsp3) is 0.231. The number of carbonyl (C=O) groups is 2. The van der Waals surface area contributed by atoms with Gasteiger partial charge in [-0.2, -0.15) is 0 Å². The molecule has 3 rings (SSSR count). The van der Waals surface area contributed by atoms with Crippen molar-refractivity contribution >= 4 is 27.3 Å². The Hall–Kier alpha value is -3.49. The summed E-state index contributed by atoms with van der Waals surface area (Å²) in [5.41, 5.74) is 2.83. The summed E-state index contributed by atoms with van der Waals surface area (Å²) in [6.45, 7) is 2.40. The smallest absolute Gasteiger partial charge is 0.253 e. The Labute approximate surface area is 200 Å². The third-order valence-electron chi connectivity index (χ3n) is 5.36. The predicted molar refractivity (Wildman–Crippen MR) is 134 cm³/mol. The number of anilines is 1. The van der Waals surface area contributed by atoms with Crippen LogP contribution in [0.3, 0.4) is 0 Å². The highest BCUT2D eigenvalue weighted by Gasteiger charge is 2.14. The van der Waals surface area contributed by atoms with Gasteiger partial charge in [0.25, 0.3) is 5.91 Å². The van der Waals surface area contributed by atoms with E-state index in [1.165, 1.54) is 0 Å². The van der Waals surface area contributed by atoms with Gasteiger partial charge in [-0.15, -0.1) is 0 Å². The van der Waals surface area contributed by atoms with Gasteiger partial charge in [-0.1, -0.05) is 54.6 Å². The van der Waals surface area contributed by atoms with Crippen LogP contribution in [0.5, 0.6) is 0 Å². The standard InChI is InChI=1S/C26H29N3O4S/c1-19(21-12-14-22(15-13-21)34(2,32)33)28-18-25(30)29-24-11-7-6-10-23(24)26(31)27-17-16-20-8-4-3-5-9-20/h3-15,19,28H,16-18H2,1-2H3,(H,27,31)(H,29,30). The van der Waals surface area contributed by atoms with Crippen molar-refractivity contribution in [3.8, 4) is 0 Å². The maximum Gasteiger partial charge on any atom is 0.253 e. The van der Waals surface area contributed by atoms with E-state index < -0.39 is 9.84 Å². The van der Waals surface area contributed by atoms with Crippen molar-refractivity contribution in [2.24, 2.45) is 0 Å². The SMILES string of the molecule is CC(NCC(=O)Nc1ccccc1C(=O)NCCc1ccccc1)c1ccc(S(C)(=O)=O)cc1. The molecule has 0 bridgehead atoms. The lowest BCUT2D eigenvalue weighted by Crippen LogP contribution is -2.31. The van der Waals surface area contributed by atoms with Crippen LogP contribution in [0, 0.1) is 0 Å². The first-order valence-electron chi connectivity index (χ1n) is 11.0. The predicted octanol–water partition coefficient (Wildman–Crippen LogP) is 3.35. The van der Waals surface area contributed by atoms with Crippen LogP contribution in [-0.4, -0.2) is 39.6 Å². The molecule has 0 radical (unpaired) electrons. The van der Waals surface area contributed by atoms with Crippen LogP contribution in [-0.2, 0) is 21.1 Å². The van der Waals surface area contributed by atoms with E-state index >= 15 is 0 Å². The number of benzene rings is 3. The molecule has 3 aromatic rings. The van der Waals surface area contributed by atoms with Crippen molar-refractivity contribution in [2.45, 2.75) is 24.3 Å². The molecule has 178 valence electrons. The second kappa shape index (κ2) is 11.6. The van der Waals surface area contributed by atoms with Gasteiger partial charge in [0.05, 0.1) is 22.7 Å².